The molecule has 0 aromatic heterocycles. The molecule has 0 saturated heterocycles. The fourth-order valence-corrected chi connectivity index (χ4v) is 0.690. The van der Waals surface area contributed by atoms with Gasteiger partial charge in [0.05, 0.1) is 0 Å². The summed E-state index contributed by atoms with van der Waals surface area (Å²) in [6.45, 7) is 0.0388. The molecule has 0 saturated carbocycles. The third-order valence-electron chi connectivity index (χ3n) is 0.773. The standard InChI is InChI=1S/C4H3IO3/c5-3-2(6)1-8-4(3)7/h6H,1H2. The van der Waals surface area contributed by atoms with E-state index < -0.39 is 5.97 Å². The zero-order valence-corrected chi connectivity index (χ0v) is 6.01. The summed E-state index contributed by atoms with van der Waals surface area (Å²) < 4.78 is 4.70. The smallest absolute Gasteiger partial charge is 0.348 e. The number of cyclic esters (lactones) is 1. The van der Waals surface area contributed by atoms with Gasteiger partial charge in [-0.1, -0.05) is 0 Å². The molecular formula is C4H3IO3. The number of hydrogen-bond acceptors (Lipinski definition) is 3. The molecule has 4 heteroatoms. The molecule has 0 bridgehead atoms. The van der Waals surface area contributed by atoms with Crippen molar-refractivity contribution in [2.75, 3.05) is 6.61 Å². The van der Waals surface area contributed by atoms with Gasteiger partial charge in [0, 0.05) is 0 Å². The summed E-state index contributed by atoms with van der Waals surface area (Å²) in [4.78, 5) is 10.3. The molecule has 3 nitrogen and oxygen atoms in total. The Kier molecular flexibility index (Phi) is 1.41. The summed E-state index contributed by atoms with van der Waals surface area (Å²) in [6, 6.07) is 0. The van der Waals surface area contributed by atoms with Gasteiger partial charge in [0.15, 0.2) is 5.76 Å². The number of aliphatic hydroxyl groups is 1. The highest BCUT2D eigenvalue weighted by molar-refractivity contribution is 14.1. The Morgan fingerprint density at radius 2 is 2.38 bits per heavy atom. The summed E-state index contributed by atoms with van der Waals surface area (Å²) >= 11 is 1.74. The van der Waals surface area contributed by atoms with Crippen LogP contribution in [-0.4, -0.2) is 17.7 Å². The van der Waals surface area contributed by atoms with Crippen LogP contribution in [0.15, 0.2) is 9.34 Å². The van der Waals surface area contributed by atoms with E-state index in [2.05, 4.69) is 4.74 Å². The first kappa shape index (κ1) is 5.87. The van der Waals surface area contributed by atoms with Crippen LogP contribution in [0, 0.1) is 0 Å². The predicted octanol–water partition coefficient (Wildman–Crippen LogP) is 0.748. The van der Waals surface area contributed by atoms with Crippen molar-refractivity contribution in [3.8, 4) is 0 Å². The van der Waals surface area contributed by atoms with Crippen molar-refractivity contribution < 1.29 is 14.6 Å². The van der Waals surface area contributed by atoms with Crippen LogP contribution in [0.4, 0.5) is 0 Å². The Hall–Kier alpha value is -0.260. The minimum Gasteiger partial charge on any atom is -0.507 e. The van der Waals surface area contributed by atoms with E-state index in [0.717, 1.165) is 0 Å². The highest BCUT2D eigenvalue weighted by Crippen LogP contribution is 2.18. The minimum absolute atomic E-state index is 0.0376. The van der Waals surface area contributed by atoms with Gasteiger partial charge in [-0.3, -0.25) is 0 Å². The van der Waals surface area contributed by atoms with Gasteiger partial charge in [-0.2, -0.15) is 0 Å². The lowest BCUT2D eigenvalue weighted by atomic mass is 10.5. The molecular weight excluding hydrogens is 223 g/mol. The quantitative estimate of drug-likeness (QED) is 0.489. The maximum absolute atomic E-state index is 10.3. The highest BCUT2D eigenvalue weighted by Gasteiger charge is 2.20. The van der Waals surface area contributed by atoms with Gasteiger partial charge in [-0.25, -0.2) is 4.79 Å². The van der Waals surface area contributed by atoms with E-state index >= 15 is 0 Å². The van der Waals surface area contributed by atoms with E-state index in [9.17, 15) is 4.79 Å². The molecule has 8 heavy (non-hydrogen) atoms. The van der Waals surface area contributed by atoms with Gasteiger partial charge < -0.3 is 9.84 Å². The molecule has 0 unspecified atom stereocenters. The van der Waals surface area contributed by atoms with Gasteiger partial charge >= 0.3 is 5.97 Å². The first-order valence-corrected chi connectivity index (χ1v) is 3.04. The summed E-state index contributed by atoms with van der Waals surface area (Å²) in [6.07, 6.45) is 0. The highest BCUT2D eigenvalue weighted by atomic mass is 127. The number of halogens is 1. The number of carbonyl (C=O) groups excluding carboxylic acids is 1. The van der Waals surface area contributed by atoms with Crippen molar-refractivity contribution in [3.05, 3.63) is 9.34 Å². The van der Waals surface area contributed by atoms with Crippen molar-refractivity contribution in [2.24, 2.45) is 0 Å². The predicted molar refractivity (Wildman–Crippen MR) is 34.6 cm³/mol. The average Bonchev–Trinajstić information content (AvgIpc) is 1.98. The van der Waals surface area contributed by atoms with E-state index in [0.29, 0.717) is 3.58 Å². The molecule has 1 N–H and O–H groups in total. The molecule has 1 rings (SSSR count). The summed E-state index contributed by atoms with van der Waals surface area (Å²) in [5, 5.41) is 8.69. The summed E-state index contributed by atoms with van der Waals surface area (Å²) in [5.74, 6) is -0.390. The number of ether oxygens (including phenoxy) is 1. The van der Waals surface area contributed by atoms with Gasteiger partial charge in [0.25, 0.3) is 0 Å². The van der Waals surface area contributed by atoms with Crippen molar-refractivity contribution in [2.45, 2.75) is 0 Å². The maximum Gasteiger partial charge on any atom is 0.348 e. The average molecular weight is 226 g/mol. The van der Waals surface area contributed by atoms with Crippen LogP contribution in [-0.2, 0) is 9.53 Å². The van der Waals surface area contributed by atoms with Crippen LogP contribution in [0.5, 0.6) is 0 Å². The number of rotatable bonds is 0. The van der Waals surface area contributed by atoms with Crippen molar-refractivity contribution in [3.63, 3.8) is 0 Å². The van der Waals surface area contributed by atoms with Crippen LogP contribution in [0.3, 0.4) is 0 Å². The van der Waals surface area contributed by atoms with Crippen LogP contribution in [0.2, 0.25) is 0 Å². The topological polar surface area (TPSA) is 46.5 Å². The molecule has 0 aromatic rings. The van der Waals surface area contributed by atoms with E-state index in [4.69, 9.17) is 5.11 Å². The zero-order chi connectivity index (χ0) is 6.15. The Balaban J connectivity index is 2.86. The number of aliphatic hydroxyl groups excluding tert-OH is 1. The molecule has 0 aromatic carbocycles. The van der Waals surface area contributed by atoms with Gasteiger partial charge in [0.1, 0.15) is 10.2 Å². The Labute approximate surface area is 59.5 Å². The van der Waals surface area contributed by atoms with Gasteiger partial charge in [-0.15, -0.1) is 0 Å². The summed E-state index contributed by atoms with van der Waals surface area (Å²) in [7, 11) is 0. The first-order valence-electron chi connectivity index (χ1n) is 1.96. The fourth-order valence-electron chi connectivity index (χ4n) is 0.378. The molecule has 1 aliphatic rings. The van der Waals surface area contributed by atoms with E-state index in [-0.39, 0.29) is 12.4 Å². The van der Waals surface area contributed by atoms with E-state index in [1.807, 2.05) is 0 Å². The fraction of sp³-hybridized carbons (Fsp3) is 0.250. The van der Waals surface area contributed by atoms with Crippen molar-refractivity contribution in [1.29, 1.82) is 0 Å². The molecule has 0 amide bonds. The van der Waals surface area contributed by atoms with Crippen molar-refractivity contribution in [1.82, 2.24) is 0 Å². The largest absolute Gasteiger partial charge is 0.507 e. The lowest BCUT2D eigenvalue weighted by Gasteiger charge is -1.84. The number of esters is 1. The van der Waals surface area contributed by atoms with Crippen LogP contribution < -0.4 is 0 Å². The molecule has 0 radical (unpaired) electrons. The van der Waals surface area contributed by atoms with Crippen LogP contribution >= 0.6 is 22.6 Å². The summed E-state index contributed by atoms with van der Waals surface area (Å²) in [5.41, 5.74) is 0. The SMILES string of the molecule is O=C1OCC(O)=C1I. The maximum atomic E-state index is 10.3. The Morgan fingerprint density at radius 3 is 2.50 bits per heavy atom. The first-order chi connectivity index (χ1) is 3.72. The lowest BCUT2D eigenvalue weighted by Crippen LogP contribution is -1.93. The monoisotopic (exact) mass is 226 g/mol. The second kappa shape index (κ2) is 1.93. The van der Waals surface area contributed by atoms with Crippen LogP contribution in [0.25, 0.3) is 0 Å². The third-order valence-corrected chi connectivity index (χ3v) is 1.84. The minimum atomic E-state index is -0.428. The Morgan fingerprint density at radius 1 is 1.75 bits per heavy atom. The number of hydrogen-bond donors (Lipinski definition) is 1. The zero-order valence-electron chi connectivity index (χ0n) is 3.85. The second-order valence-electron chi connectivity index (χ2n) is 1.34. The van der Waals surface area contributed by atoms with Crippen molar-refractivity contribution >= 4 is 28.6 Å². The molecule has 0 fully saturated rings. The van der Waals surface area contributed by atoms with E-state index in [1.54, 1.807) is 22.6 Å². The molecule has 44 valence electrons. The van der Waals surface area contributed by atoms with Crippen LogP contribution in [0.1, 0.15) is 0 Å². The van der Waals surface area contributed by atoms with Gasteiger partial charge in [-0.05, 0) is 22.6 Å². The number of carbonyl (C=O) groups is 1. The molecule has 0 aliphatic carbocycles. The second-order valence-corrected chi connectivity index (χ2v) is 2.42. The normalized spacial score (nSPS) is 19.4. The molecule has 0 spiro atoms. The lowest BCUT2D eigenvalue weighted by molar-refractivity contribution is -0.135. The molecule has 1 aliphatic heterocycles. The molecule has 1 heterocycles. The Bertz CT molecular complexity index is 161. The van der Waals surface area contributed by atoms with E-state index in [1.165, 1.54) is 0 Å². The third kappa shape index (κ3) is 0.795. The van der Waals surface area contributed by atoms with Gasteiger partial charge in [0.2, 0.25) is 0 Å². The molecule has 0 atom stereocenters.